The van der Waals surface area contributed by atoms with Crippen LogP contribution in [0.1, 0.15) is 100 Å². The Hall–Kier alpha value is -1.71. The molecule has 0 radical (unpaired) electrons. The summed E-state index contributed by atoms with van der Waals surface area (Å²) >= 11 is 0. The van der Waals surface area contributed by atoms with Crippen molar-refractivity contribution in [3.8, 4) is 11.5 Å². The predicted octanol–water partition coefficient (Wildman–Crippen LogP) is 5.90. The first kappa shape index (κ1) is 20.6. The van der Waals surface area contributed by atoms with E-state index in [0.717, 1.165) is 38.5 Å². The normalized spacial score (nSPS) is 20.3. The van der Waals surface area contributed by atoms with Crippen molar-refractivity contribution in [1.82, 2.24) is 0 Å². The van der Waals surface area contributed by atoms with Gasteiger partial charge in [-0.25, -0.2) is 4.79 Å². The first-order valence-corrected chi connectivity index (χ1v) is 10.1. The van der Waals surface area contributed by atoms with Crippen LogP contribution in [0.15, 0.2) is 6.07 Å². The van der Waals surface area contributed by atoms with Gasteiger partial charge in [-0.15, -0.1) is 0 Å². The van der Waals surface area contributed by atoms with Gasteiger partial charge in [0, 0.05) is 5.56 Å². The molecule has 0 aromatic heterocycles. The van der Waals surface area contributed by atoms with Crippen molar-refractivity contribution in [2.75, 3.05) is 0 Å². The summed E-state index contributed by atoms with van der Waals surface area (Å²) in [4.78, 5) is 11.9. The molecule has 1 aromatic rings. The van der Waals surface area contributed by atoms with Gasteiger partial charge in [0.15, 0.2) is 0 Å². The lowest BCUT2D eigenvalue weighted by Crippen LogP contribution is -2.17. The van der Waals surface area contributed by atoms with E-state index < -0.39 is 5.97 Å². The van der Waals surface area contributed by atoms with Gasteiger partial charge in [0.25, 0.3) is 0 Å². The molecule has 4 nitrogen and oxygen atoms in total. The zero-order valence-corrected chi connectivity index (χ0v) is 16.7. The summed E-state index contributed by atoms with van der Waals surface area (Å²) in [6.45, 7) is 8.28. The molecule has 0 aliphatic heterocycles. The van der Waals surface area contributed by atoms with Gasteiger partial charge in [-0.3, -0.25) is 0 Å². The van der Waals surface area contributed by atoms with Gasteiger partial charge in [-0.1, -0.05) is 39.5 Å². The van der Waals surface area contributed by atoms with E-state index in [2.05, 4.69) is 13.8 Å². The van der Waals surface area contributed by atoms with Crippen molar-refractivity contribution in [3.63, 3.8) is 0 Å². The van der Waals surface area contributed by atoms with Gasteiger partial charge in [-0.2, -0.15) is 0 Å². The monoisotopic (exact) mass is 362 g/mol. The summed E-state index contributed by atoms with van der Waals surface area (Å²) in [5, 5.41) is 20.7. The third-order valence-electron chi connectivity index (χ3n) is 5.35. The Bertz CT molecular complexity index is 621. The van der Waals surface area contributed by atoms with Gasteiger partial charge in [-0.05, 0) is 63.0 Å². The molecule has 2 N–H and O–H groups in total. The number of carboxylic acid groups (broad SMARTS) is 1. The fourth-order valence-electron chi connectivity index (χ4n) is 4.16. The highest BCUT2D eigenvalue weighted by atomic mass is 16.5. The van der Waals surface area contributed by atoms with Crippen molar-refractivity contribution in [3.05, 3.63) is 22.8 Å². The molecule has 2 unspecified atom stereocenters. The van der Waals surface area contributed by atoms with Crippen LogP contribution in [0.5, 0.6) is 11.5 Å². The Morgan fingerprint density at radius 2 is 2.04 bits per heavy atom. The van der Waals surface area contributed by atoms with E-state index in [1.54, 1.807) is 0 Å². The van der Waals surface area contributed by atoms with Crippen LogP contribution in [0.3, 0.4) is 0 Å². The summed E-state index contributed by atoms with van der Waals surface area (Å²) in [5.74, 6) is 0.303. The molecule has 0 saturated heterocycles. The first-order valence-electron chi connectivity index (χ1n) is 10.1. The number of aromatic hydroxyl groups is 1. The zero-order valence-electron chi connectivity index (χ0n) is 16.7. The Labute approximate surface area is 157 Å². The molecule has 1 aliphatic rings. The Morgan fingerprint density at radius 3 is 2.62 bits per heavy atom. The molecule has 0 heterocycles. The van der Waals surface area contributed by atoms with Gasteiger partial charge < -0.3 is 14.9 Å². The average molecular weight is 363 g/mol. The van der Waals surface area contributed by atoms with Gasteiger partial charge in [0.1, 0.15) is 17.1 Å². The fourth-order valence-corrected chi connectivity index (χ4v) is 4.16. The highest BCUT2D eigenvalue weighted by Gasteiger charge is 2.30. The van der Waals surface area contributed by atoms with Crippen molar-refractivity contribution < 1.29 is 19.7 Å². The Kier molecular flexibility index (Phi) is 7.36. The SMILES string of the molecule is CCCCCc1cc(OC(C)C)c(C2CCCC(C)C2)c(O)c1C(=O)O. The molecule has 1 saturated carbocycles. The van der Waals surface area contributed by atoms with Gasteiger partial charge >= 0.3 is 5.97 Å². The number of unbranched alkanes of at least 4 members (excludes halogenated alkanes) is 2. The highest BCUT2D eigenvalue weighted by molar-refractivity contribution is 5.94. The second-order valence-corrected chi connectivity index (χ2v) is 8.07. The molecular weight excluding hydrogens is 328 g/mol. The largest absolute Gasteiger partial charge is 0.507 e. The fraction of sp³-hybridized carbons (Fsp3) is 0.682. The predicted molar refractivity (Wildman–Crippen MR) is 104 cm³/mol. The number of carbonyl (C=O) groups is 1. The number of carboxylic acids is 1. The van der Waals surface area contributed by atoms with Crippen molar-refractivity contribution >= 4 is 5.97 Å². The molecule has 146 valence electrons. The molecule has 1 aliphatic carbocycles. The van der Waals surface area contributed by atoms with Crippen LogP contribution in [-0.4, -0.2) is 22.3 Å². The van der Waals surface area contributed by atoms with Crippen molar-refractivity contribution in [2.24, 2.45) is 5.92 Å². The summed E-state index contributed by atoms with van der Waals surface area (Å²) in [7, 11) is 0. The molecular formula is C22H34O4. The minimum Gasteiger partial charge on any atom is -0.507 e. The van der Waals surface area contributed by atoms with E-state index in [1.807, 2.05) is 19.9 Å². The Morgan fingerprint density at radius 1 is 1.31 bits per heavy atom. The maximum atomic E-state index is 11.9. The van der Waals surface area contributed by atoms with E-state index in [4.69, 9.17) is 4.74 Å². The molecule has 26 heavy (non-hydrogen) atoms. The number of benzene rings is 1. The number of rotatable bonds is 8. The van der Waals surface area contributed by atoms with Crippen LogP contribution in [-0.2, 0) is 6.42 Å². The second kappa shape index (κ2) is 9.29. The van der Waals surface area contributed by atoms with E-state index in [-0.39, 0.29) is 23.3 Å². The zero-order chi connectivity index (χ0) is 19.3. The molecule has 0 bridgehead atoms. The van der Waals surface area contributed by atoms with Crippen LogP contribution in [0, 0.1) is 5.92 Å². The van der Waals surface area contributed by atoms with Gasteiger partial charge in [0.05, 0.1) is 6.10 Å². The van der Waals surface area contributed by atoms with Crippen molar-refractivity contribution in [2.45, 2.75) is 91.1 Å². The van der Waals surface area contributed by atoms with E-state index in [1.165, 1.54) is 6.42 Å². The van der Waals surface area contributed by atoms with Crippen LogP contribution < -0.4 is 4.74 Å². The molecule has 1 fully saturated rings. The number of ether oxygens (including phenoxy) is 1. The average Bonchev–Trinajstić information content (AvgIpc) is 2.54. The van der Waals surface area contributed by atoms with E-state index in [0.29, 0.717) is 29.2 Å². The lowest BCUT2D eigenvalue weighted by molar-refractivity contribution is 0.0692. The molecule has 0 spiro atoms. The molecule has 0 amide bonds. The molecule has 1 aromatic carbocycles. The second-order valence-electron chi connectivity index (χ2n) is 8.07. The summed E-state index contributed by atoms with van der Waals surface area (Å²) < 4.78 is 6.04. The van der Waals surface area contributed by atoms with Crippen LogP contribution in [0.2, 0.25) is 0 Å². The van der Waals surface area contributed by atoms with Gasteiger partial charge in [0.2, 0.25) is 0 Å². The third kappa shape index (κ3) is 4.93. The minimum absolute atomic E-state index is 0.0201. The minimum atomic E-state index is -1.05. The summed E-state index contributed by atoms with van der Waals surface area (Å²) in [6.07, 6.45) is 7.90. The quantitative estimate of drug-likeness (QED) is 0.565. The van der Waals surface area contributed by atoms with E-state index in [9.17, 15) is 15.0 Å². The van der Waals surface area contributed by atoms with Crippen LogP contribution >= 0.6 is 0 Å². The van der Waals surface area contributed by atoms with Crippen molar-refractivity contribution in [1.29, 1.82) is 0 Å². The molecule has 2 rings (SSSR count). The molecule has 4 heteroatoms. The maximum Gasteiger partial charge on any atom is 0.339 e. The highest BCUT2D eigenvalue weighted by Crippen LogP contribution is 2.46. The lowest BCUT2D eigenvalue weighted by atomic mass is 9.77. The lowest BCUT2D eigenvalue weighted by Gasteiger charge is -2.30. The summed E-state index contributed by atoms with van der Waals surface area (Å²) in [6, 6.07) is 1.88. The topological polar surface area (TPSA) is 66.8 Å². The first-order chi connectivity index (χ1) is 12.3. The smallest absolute Gasteiger partial charge is 0.339 e. The number of aryl methyl sites for hydroxylation is 1. The Balaban J connectivity index is 2.52. The van der Waals surface area contributed by atoms with E-state index >= 15 is 0 Å². The maximum absolute atomic E-state index is 11.9. The number of phenols is 1. The molecule has 2 atom stereocenters. The standard InChI is InChI=1S/C22H34O4/c1-5-6-7-10-17-13-18(26-14(2)3)19(21(23)20(17)22(24)25)16-11-8-9-15(4)12-16/h13-16,23H,5-12H2,1-4H3,(H,24,25). The number of hydrogen-bond acceptors (Lipinski definition) is 3. The summed E-state index contributed by atoms with van der Waals surface area (Å²) in [5.41, 5.74) is 1.47. The third-order valence-corrected chi connectivity index (χ3v) is 5.35. The van der Waals surface area contributed by atoms with Crippen LogP contribution in [0.4, 0.5) is 0 Å². The van der Waals surface area contributed by atoms with Crippen LogP contribution in [0.25, 0.3) is 0 Å². The number of aromatic carboxylic acids is 1. The number of hydrogen-bond donors (Lipinski definition) is 2.